The first-order chi connectivity index (χ1) is 15.7. The van der Waals surface area contributed by atoms with Gasteiger partial charge >= 0.3 is 5.63 Å². The summed E-state index contributed by atoms with van der Waals surface area (Å²) in [7, 11) is 0. The average molecular weight is 428 g/mol. The lowest BCUT2D eigenvalue weighted by atomic mass is 10.1. The predicted octanol–water partition coefficient (Wildman–Crippen LogP) is 3.82. The van der Waals surface area contributed by atoms with Gasteiger partial charge in [-0.3, -0.25) is 9.69 Å². The van der Waals surface area contributed by atoms with E-state index in [2.05, 4.69) is 16.3 Å². The SMILES string of the molecule is O=C(c1ccc2ccccc2c1)N1CCN(CCNc2cc(=O)oc3ccccc23)CC1. The summed E-state index contributed by atoms with van der Waals surface area (Å²) in [5, 5.41) is 6.50. The van der Waals surface area contributed by atoms with Crippen molar-refractivity contribution in [1.82, 2.24) is 9.80 Å². The number of hydrogen-bond acceptors (Lipinski definition) is 5. The van der Waals surface area contributed by atoms with Crippen molar-refractivity contribution in [2.45, 2.75) is 0 Å². The molecule has 0 atom stereocenters. The highest BCUT2D eigenvalue weighted by atomic mass is 16.4. The third-order valence-corrected chi connectivity index (χ3v) is 6.05. The topological polar surface area (TPSA) is 65.8 Å². The number of amides is 1. The maximum absolute atomic E-state index is 13.0. The van der Waals surface area contributed by atoms with Gasteiger partial charge in [-0.2, -0.15) is 0 Å². The number of para-hydroxylation sites is 1. The molecule has 0 unspecified atom stereocenters. The molecular formula is C26H25N3O3. The van der Waals surface area contributed by atoms with Gasteiger partial charge in [0.1, 0.15) is 5.58 Å². The summed E-state index contributed by atoms with van der Waals surface area (Å²) in [5.41, 5.74) is 1.77. The number of rotatable bonds is 5. The van der Waals surface area contributed by atoms with E-state index < -0.39 is 0 Å². The molecule has 4 aromatic rings. The lowest BCUT2D eigenvalue weighted by Crippen LogP contribution is -2.49. The number of hydrogen-bond donors (Lipinski definition) is 1. The summed E-state index contributed by atoms with van der Waals surface area (Å²) in [5.74, 6) is 0.0935. The second-order valence-electron chi connectivity index (χ2n) is 8.10. The second-order valence-corrected chi connectivity index (χ2v) is 8.10. The summed E-state index contributed by atoms with van der Waals surface area (Å²) >= 11 is 0. The van der Waals surface area contributed by atoms with Crippen molar-refractivity contribution in [3.05, 3.63) is 88.8 Å². The zero-order valence-electron chi connectivity index (χ0n) is 17.8. The molecule has 1 aromatic heterocycles. The normalized spacial score (nSPS) is 14.7. The first-order valence-corrected chi connectivity index (χ1v) is 10.9. The minimum Gasteiger partial charge on any atom is -0.423 e. The fraction of sp³-hybridized carbons (Fsp3) is 0.231. The Morgan fingerprint density at radius 3 is 2.47 bits per heavy atom. The zero-order chi connectivity index (χ0) is 21.9. The molecule has 1 aliphatic rings. The summed E-state index contributed by atoms with van der Waals surface area (Å²) < 4.78 is 5.25. The van der Waals surface area contributed by atoms with E-state index >= 15 is 0 Å². The van der Waals surface area contributed by atoms with E-state index in [0.29, 0.717) is 25.2 Å². The highest BCUT2D eigenvalue weighted by molar-refractivity contribution is 5.98. The van der Waals surface area contributed by atoms with Gasteiger partial charge in [0.25, 0.3) is 5.91 Å². The highest BCUT2D eigenvalue weighted by Gasteiger charge is 2.22. The van der Waals surface area contributed by atoms with Crippen LogP contribution in [0.2, 0.25) is 0 Å². The van der Waals surface area contributed by atoms with E-state index in [4.69, 9.17) is 4.42 Å². The fourth-order valence-electron chi connectivity index (χ4n) is 4.29. The summed E-state index contributed by atoms with van der Waals surface area (Å²) in [6.45, 7) is 4.64. The molecule has 0 bridgehead atoms. The number of carbonyl (C=O) groups excluding carboxylic acids is 1. The van der Waals surface area contributed by atoms with E-state index in [-0.39, 0.29) is 11.5 Å². The van der Waals surface area contributed by atoms with Crippen molar-refractivity contribution in [3.8, 4) is 0 Å². The predicted molar refractivity (Wildman–Crippen MR) is 127 cm³/mol. The molecule has 6 nitrogen and oxygen atoms in total. The number of anilines is 1. The lowest BCUT2D eigenvalue weighted by molar-refractivity contribution is 0.0642. The highest BCUT2D eigenvalue weighted by Crippen LogP contribution is 2.21. The van der Waals surface area contributed by atoms with E-state index in [1.165, 1.54) is 6.07 Å². The first-order valence-electron chi connectivity index (χ1n) is 10.9. The number of benzene rings is 3. The molecule has 3 aromatic carbocycles. The van der Waals surface area contributed by atoms with Gasteiger partial charge in [0.2, 0.25) is 0 Å². The summed E-state index contributed by atoms with van der Waals surface area (Å²) in [6.07, 6.45) is 0. The molecular weight excluding hydrogens is 402 g/mol. The first kappa shape index (κ1) is 20.3. The van der Waals surface area contributed by atoms with Crippen molar-refractivity contribution in [2.24, 2.45) is 0 Å². The molecule has 0 aliphatic carbocycles. The summed E-state index contributed by atoms with van der Waals surface area (Å²) in [6, 6.07) is 23.0. The zero-order valence-corrected chi connectivity index (χ0v) is 17.8. The number of nitrogens with one attached hydrogen (secondary N) is 1. The summed E-state index contributed by atoms with van der Waals surface area (Å²) in [4.78, 5) is 29.0. The van der Waals surface area contributed by atoms with Crippen LogP contribution in [0.3, 0.4) is 0 Å². The quantitative estimate of drug-likeness (QED) is 0.491. The van der Waals surface area contributed by atoms with Gasteiger partial charge in [0.05, 0.1) is 5.69 Å². The number of nitrogens with zero attached hydrogens (tertiary/aromatic N) is 2. The van der Waals surface area contributed by atoms with Crippen LogP contribution in [-0.4, -0.2) is 55.0 Å². The smallest absolute Gasteiger partial charge is 0.338 e. The van der Waals surface area contributed by atoms with Gasteiger partial charge in [-0.15, -0.1) is 0 Å². The third-order valence-electron chi connectivity index (χ3n) is 6.05. The van der Waals surface area contributed by atoms with Crippen LogP contribution in [0, 0.1) is 0 Å². The van der Waals surface area contributed by atoms with Gasteiger partial charge in [0, 0.05) is 56.3 Å². The Morgan fingerprint density at radius 2 is 1.62 bits per heavy atom. The Bertz CT molecular complexity index is 1320. The van der Waals surface area contributed by atoms with Gasteiger partial charge in [-0.1, -0.05) is 42.5 Å². The standard InChI is InChI=1S/C26H25N3O3/c30-25-18-23(22-7-3-4-8-24(22)32-25)27-11-12-28-13-15-29(16-14-28)26(31)21-10-9-19-5-1-2-6-20(19)17-21/h1-10,17-18,27H,11-16H2. The number of piperazine rings is 1. The van der Waals surface area contributed by atoms with Crippen LogP contribution in [0.15, 0.2) is 82.0 Å². The molecule has 32 heavy (non-hydrogen) atoms. The van der Waals surface area contributed by atoms with E-state index in [9.17, 15) is 9.59 Å². The van der Waals surface area contributed by atoms with Crippen LogP contribution in [0.1, 0.15) is 10.4 Å². The number of carbonyl (C=O) groups is 1. The fourth-order valence-corrected chi connectivity index (χ4v) is 4.29. The van der Waals surface area contributed by atoms with Crippen LogP contribution in [0.25, 0.3) is 21.7 Å². The molecule has 5 rings (SSSR count). The minimum absolute atomic E-state index is 0.0935. The molecule has 2 heterocycles. The van der Waals surface area contributed by atoms with E-state index in [1.807, 2.05) is 59.5 Å². The number of fused-ring (bicyclic) bond motifs is 2. The Morgan fingerprint density at radius 1 is 0.875 bits per heavy atom. The van der Waals surface area contributed by atoms with Crippen molar-refractivity contribution in [1.29, 1.82) is 0 Å². The monoisotopic (exact) mass is 427 g/mol. The van der Waals surface area contributed by atoms with Gasteiger partial charge in [-0.25, -0.2) is 4.79 Å². The van der Waals surface area contributed by atoms with Crippen LogP contribution in [0.4, 0.5) is 5.69 Å². The maximum atomic E-state index is 13.0. The third kappa shape index (κ3) is 4.22. The second kappa shape index (κ2) is 8.85. The largest absolute Gasteiger partial charge is 0.423 e. The van der Waals surface area contributed by atoms with Crippen molar-refractivity contribution in [3.63, 3.8) is 0 Å². The van der Waals surface area contributed by atoms with E-state index in [1.54, 1.807) is 6.07 Å². The van der Waals surface area contributed by atoms with Crippen molar-refractivity contribution >= 4 is 33.3 Å². The molecule has 1 aliphatic heterocycles. The van der Waals surface area contributed by atoms with Crippen molar-refractivity contribution < 1.29 is 9.21 Å². The molecule has 1 N–H and O–H groups in total. The molecule has 1 amide bonds. The molecule has 0 saturated carbocycles. The van der Waals surface area contributed by atoms with Crippen LogP contribution < -0.4 is 10.9 Å². The Balaban J connectivity index is 1.16. The molecule has 1 saturated heterocycles. The average Bonchev–Trinajstić information content (AvgIpc) is 2.83. The lowest BCUT2D eigenvalue weighted by Gasteiger charge is -2.34. The van der Waals surface area contributed by atoms with Gasteiger partial charge < -0.3 is 14.6 Å². The Hall–Kier alpha value is -3.64. The molecule has 162 valence electrons. The van der Waals surface area contributed by atoms with Gasteiger partial charge in [-0.05, 0) is 35.0 Å². The molecule has 1 fully saturated rings. The van der Waals surface area contributed by atoms with Crippen LogP contribution in [-0.2, 0) is 0 Å². The minimum atomic E-state index is -0.355. The van der Waals surface area contributed by atoms with Crippen LogP contribution >= 0.6 is 0 Å². The van der Waals surface area contributed by atoms with Crippen LogP contribution in [0.5, 0.6) is 0 Å². The molecule has 6 heteroatoms. The van der Waals surface area contributed by atoms with E-state index in [0.717, 1.165) is 47.0 Å². The Labute approximate surface area is 186 Å². The molecule has 0 radical (unpaired) electrons. The Kier molecular flexibility index (Phi) is 5.60. The van der Waals surface area contributed by atoms with Crippen molar-refractivity contribution in [2.75, 3.05) is 44.6 Å². The maximum Gasteiger partial charge on any atom is 0.338 e. The molecule has 0 spiro atoms. The van der Waals surface area contributed by atoms with Gasteiger partial charge in [0.15, 0.2) is 0 Å².